The molecule has 0 fully saturated rings. The van der Waals surface area contributed by atoms with Crippen LogP contribution in [-0.2, 0) is 9.53 Å². The van der Waals surface area contributed by atoms with E-state index in [1.807, 2.05) is 34.6 Å². The Labute approximate surface area is 113 Å². The van der Waals surface area contributed by atoms with Crippen LogP contribution in [0.5, 0.6) is 0 Å². The van der Waals surface area contributed by atoms with Crippen LogP contribution in [-0.4, -0.2) is 30.7 Å². The zero-order valence-corrected chi connectivity index (χ0v) is 12.1. The molecule has 0 aromatic rings. The average Bonchev–Trinajstić information content (AvgIpc) is 2.22. The van der Waals surface area contributed by atoms with Crippen molar-refractivity contribution in [3.63, 3.8) is 0 Å². The van der Waals surface area contributed by atoms with Crippen molar-refractivity contribution in [1.82, 2.24) is 10.6 Å². The Balaban J connectivity index is -0.00000144. The maximum atomic E-state index is 11.5. The molecule has 0 saturated carbocycles. The molecule has 0 bridgehead atoms. The number of carbonyl (C=O) groups is 2. The second-order valence-corrected chi connectivity index (χ2v) is 5.31. The fraction of sp³-hybridized carbons (Fsp3) is 0.846. The van der Waals surface area contributed by atoms with Crippen LogP contribution in [0.2, 0.25) is 0 Å². The molecular weight excluding hydrogens is 232 g/mol. The van der Waals surface area contributed by atoms with E-state index in [-0.39, 0.29) is 14.7 Å². The molecule has 0 aromatic heterocycles. The molecule has 0 aliphatic rings. The van der Waals surface area contributed by atoms with Crippen molar-refractivity contribution in [3.05, 3.63) is 0 Å². The Morgan fingerprint density at radius 1 is 1.22 bits per heavy atom. The van der Waals surface area contributed by atoms with Crippen molar-refractivity contribution in [1.29, 1.82) is 0 Å². The van der Waals surface area contributed by atoms with E-state index in [2.05, 4.69) is 10.6 Å². The van der Waals surface area contributed by atoms with Gasteiger partial charge in [-0.2, -0.15) is 0 Å². The van der Waals surface area contributed by atoms with Crippen molar-refractivity contribution in [3.8, 4) is 0 Å². The predicted octanol–water partition coefficient (Wildman–Crippen LogP) is 2.56. The van der Waals surface area contributed by atoms with Gasteiger partial charge in [0.2, 0.25) is 5.91 Å². The van der Waals surface area contributed by atoms with Gasteiger partial charge in [-0.05, 0) is 33.6 Å². The molecule has 0 aliphatic carbocycles. The fourth-order valence-corrected chi connectivity index (χ4v) is 1.43. The van der Waals surface area contributed by atoms with Gasteiger partial charge < -0.3 is 15.4 Å². The number of carbonyl (C=O) groups excluding carboxylic acids is 2. The van der Waals surface area contributed by atoms with Crippen LogP contribution in [0.25, 0.3) is 0 Å². The largest absolute Gasteiger partial charge is 0.444 e. The zero-order valence-electron chi connectivity index (χ0n) is 12.1. The number of alkyl carbamates (subject to hydrolysis) is 1. The first-order chi connectivity index (χ1) is 8.28. The van der Waals surface area contributed by atoms with Crippen molar-refractivity contribution in [2.45, 2.75) is 53.1 Å². The Morgan fingerprint density at radius 2 is 1.83 bits per heavy atom. The number of rotatable bonds is 6. The summed E-state index contributed by atoms with van der Waals surface area (Å²) in [4.78, 5) is 22.9. The summed E-state index contributed by atoms with van der Waals surface area (Å²) >= 11 is 0. The Kier molecular flexibility index (Phi) is 7.39. The minimum atomic E-state index is -0.495. The lowest BCUT2D eigenvalue weighted by Crippen LogP contribution is -2.36. The number of nitrogens with one attached hydrogen (secondary N) is 2. The summed E-state index contributed by atoms with van der Waals surface area (Å²) in [5, 5.41) is 5.45. The van der Waals surface area contributed by atoms with Gasteiger partial charge >= 0.3 is 6.09 Å². The van der Waals surface area contributed by atoms with Gasteiger partial charge in [0.25, 0.3) is 0 Å². The first-order valence-electron chi connectivity index (χ1n) is 6.52. The number of ether oxygens (including phenoxy) is 1. The van der Waals surface area contributed by atoms with Gasteiger partial charge in [-0.1, -0.05) is 13.3 Å². The van der Waals surface area contributed by atoms with Crippen LogP contribution in [0.4, 0.5) is 4.79 Å². The summed E-state index contributed by atoms with van der Waals surface area (Å²) < 4.78 is 5.13. The first kappa shape index (κ1) is 16.7. The average molecular weight is 262 g/mol. The van der Waals surface area contributed by atoms with Gasteiger partial charge in [0.15, 0.2) is 0 Å². The maximum absolute atomic E-state index is 11.5. The molecule has 0 radical (unpaired) electrons. The van der Waals surface area contributed by atoms with Gasteiger partial charge in [-0.25, -0.2) is 4.79 Å². The summed E-state index contributed by atoms with van der Waals surface area (Å²) in [6.07, 6.45) is 0.837. The molecular formula is C13H30N2O3. The molecule has 0 saturated heterocycles. The molecule has 2 amide bonds. The van der Waals surface area contributed by atoms with Crippen LogP contribution < -0.4 is 10.6 Å². The van der Waals surface area contributed by atoms with E-state index in [9.17, 15) is 9.59 Å². The predicted molar refractivity (Wildman–Crippen MR) is 75.5 cm³/mol. The standard InChI is InChI=1S/C13H26N2O3.2H2/c1-6-10(8-11(16)14-7-2)9-15-12(17)18-13(3,4)5;;/h10H,6-9H2,1-5H3,(H,14,16)(H,15,17);2*1H. The van der Waals surface area contributed by atoms with Gasteiger partial charge in [0.1, 0.15) is 5.60 Å². The monoisotopic (exact) mass is 262 g/mol. The van der Waals surface area contributed by atoms with E-state index in [4.69, 9.17) is 4.74 Å². The SMILES string of the molecule is CCNC(=O)CC(CC)CNC(=O)OC(C)(C)C.[HH].[HH]. The van der Waals surface area contributed by atoms with Crippen molar-refractivity contribution in [2.75, 3.05) is 13.1 Å². The third-order valence-electron chi connectivity index (χ3n) is 2.36. The summed E-state index contributed by atoms with van der Waals surface area (Å²) in [5.41, 5.74) is -0.495. The van der Waals surface area contributed by atoms with Gasteiger partial charge in [0.05, 0.1) is 0 Å². The van der Waals surface area contributed by atoms with Crippen LogP contribution in [0.15, 0.2) is 0 Å². The lowest BCUT2D eigenvalue weighted by atomic mass is 10.0. The van der Waals surface area contributed by atoms with Crippen LogP contribution in [0.3, 0.4) is 0 Å². The molecule has 18 heavy (non-hydrogen) atoms. The second-order valence-electron chi connectivity index (χ2n) is 5.31. The van der Waals surface area contributed by atoms with E-state index < -0.39 is 11.7 Å². The highest BCUT2D eigenvalue weighted by atomic mass is 16.6. The van der Waals surface area contributed by atoms with Crippen LogP contribution in [0.1, 0.15) is 50.3 Å². The molecule has 5 heteroatoms. The molecule has 0 rings (SSSR count). The lowest BCUT2D eigenvalue weighted by Gasteiger charge is -2.21. The molecule has 0 aromatic carbocycles. The highest BCUT2D eigenvalue weighted by molar-refractivity contribution is 5.76. The molecule has 0 spiro atoms. The third-order valence-corrected chi connectivity index (χ3v) is 2.36. The normalized spacial score (nSPS) is 12.7. The second kappa shape index (κ2) is 7.95. The topological polar surface area (TPSA) is 67.4 Å². The smallest absolute Gasteiger partial charge is 0.407 e. The summed E-state index contributed by atoms with van der Waals surface area (Å²) in [5.74, 6) is 0.166. The van der Waals surface area contributed by atoms with E-state index in [1.165, 1.54) is 0 Å². The van der Waals surface area contributed by atoms with Crippen molar-refractivity contribution < 1.29 is 17.2 Å². The van der Waals surface area contributed by atoms with E-state index in [0.717, 1.165) is 6.42 Å². The van der Waals surface area contributed by atoms with Crippen molar-refractivity contribution in [2.24, 2.45) is 5.92 Å². The first-order valence-corrected chi connectivity index (χ1v) is 6.52. The Bertz CT molecular complexity index is 281. The van der Waals surface area contributed by atoms with Crippen LogP contribution >= 0.6 is 0 Å². The number of hydrogen-bond donors (Lipinski definition) is 2. The Morgan fingerprint density at radius 3 is 2.28 bits per heavy atom. The van der Waals surface area contributed by atoms with Crippen molar-refractivity contribution >= 4 is 12.0 Å². The minimum Gasteiger partial charge on any atom is -0.444 e. The highest BCUT2D eigenvalue weighted by Gasteiger charge is 2.18. The molecule has 5 nitrogen and oxygen atoms in total. The van der Waals surface area contributed by atoms with Gasteiger partial charge in [-0.15, -0.1) is 0 Å². The molecule has 1 atom stereocenters. The van der Waals surface area contributed by atoms with Gasteiger partial charge in [0, 0.05) is 22.4 Å². The molecule has 110 valence electrons. The molecule has 0 heterocycles. The fourth-order valence-electron chi connectivity index (χ4n) is 1.43. The third kappa shape index (κ3) is 8.84. The highest BCUT2D eigenvalue weighted by Crippen LogP contribution is 2.09. The van der Waals surface area contributed by atoms with E-state index in [1.54, 1.807) is 0 Å². The quantitative estimate of drug-likeness (QED) is 0.773. The van der Waals surface area contributed by atoms with E-state index >= 15 is 0 Å². The minimum absolute atomic E-state index is 0. The molecule has 1 unspecified atom stereocenters. The maximum Gasteiger partial charge on any atom is 0.407 e. The Hall–Kier alpha value is -1.26. The summed E-state index contributed by atoms with van der Waals surface area (Å²) in [6.45, 7) is 10.4. The molecule has 2 N–H and O–H groups in total. The summed E-state index contributed by atoms with van der Waals surface area (Å²) in [6, 6.07) is 0. The van der Waals surface area contributed by atoms with Crippen LogP contribution in [0, 0.1) is 5.92 Å². The lowest BCUT2D eigenvalue weighted by molar-refractivity contribution is -0.121. The number of hydrogen-bond acceptors (Lipinski definition) is 3. The zero-order chi connectivity index (χ0) is 14.2. The molecule has 0 aliphatic heterocycles. The van der Waals surface area contributed by atoms with E-state index in [0.29, 0.717) is 19.5 Å². The van der Waals surface area contributed by atoms with Gasteiger partial charge in [-0.3, -0.25) is 4.79 Å². The summed E-state index contributed by atoms with van der Waals surface area (Å²) in [7, 11) is 0. The number of amides is 2.